The average Bonchev–Trinajstić information content (AvgIpc) is 3.36. The first-order chi connectivity index (χ1) is 12.2. The number of non-ortho nitro benzene ring substituents is 1. The minimum absolute atomic E-state index is 0. The van der Waals surface area contributed by atoms with Gasteiger partial charge in [0.2, 0.25) is 0 Å². The van der Waals surface area contributed by atoms with Crippen molar-refractivity contribution in [3.8, 4) is 5.75 Å². The van der Waals surface area contributed by atoms with Crippen LogP contribution in [-0.2, 0) is 17.1 Å². The normalized spacial score (nSPS) is 16.7. The molecule has 2 aliphatic carbocycles. The van der Waals surface area contributed by atoms with Crippen LogP contribution in [0.15, 0.2) is 24.4 Å². The van der Waals surface area contributed by atoms with Crippen LogP contribution in [0, 0.1) is 73.8 Å². The first-order valence-electron chi connectivity index (χ1n) is 7.70. The van der Waals surface area contributed by atoms with Gasteiger partial charge in [-0.2, -0.15) is 0 Å². The predicted octanol–water partition coefficient (Wildman–Crippen LogP) is 3.92. The van der Waals surface area contributed by atoms with Crippen LogP contribution in [-0.4, -0.2) is 17.0 Å². The Balaban J connectivity index is 0.000000351. The van der Waals surface area contributed by atoms with Crippen LogP contribution in [0.25, 0.3) is 10.9 Å². The molecule has 0 N–H and O–H groups in total. The molecule has 5 nitrogen and oxygen atoms in total. The largest absolute Gasteiger partial charge is 2.00 e. The van der Waals surface area contributed by atoms with Gasteiger partial charge in [-0.25, -0.2) is 0 Å². The summed E-state index contributed by atoms with van der Waals surface area (Å²) in [6.45, 7) is 0. The molecule has 1 aromatic heterocycles. The SMILES string of the molecule is COc1cc([N+](=O)[O-])cc2cc([C]3[CH][CH][CH][CH]3)cnc12.[CH]1[CH][CH][CH][CH]1.[Fe+2]. The Bertz CT molecular complexity index is 734. The van der Waals surface area contributed by atoms with Crippen molar-refractivity contribution in [2.75, 3.05) is 7.11 Å². The number of rotatable bonds is 3. The van der Waals surface area contributed by atoms with Crippen molar-refractivity contribution < 1.29 is 26.7 Å². The van der Waals surface area contributed by atoms with E-state index in [0.717, 1.165) is 11.5 Å². The second-order valence-electron chi connectivity index (χ2n) is 5.34. The second-order valence-corrected chi connectivity index (χ2v) is 5.34. The summed E-state index contributed by atoms with van der Waals surface area (Å²) in [5.41, 5.74) is 1.54. The maximum Gasteiger partial charge on any atom is 2.00 e. The summed E-state index contributed by atoms with van der Waals surface area (Å²) in [6.07, 6.45) is 19.6. The fourth-order valence-corrected chi connectivity index (χ4v) is 2.51. The third kappa shape index (κ3) is 4.95. The molecule has 0 spiro atoms. The summed E-state index contributed by atoms with van der Waals surface area (Å²) in [5, 5.41) is 11.6. The molecule has 10 radical (unpaired) electrons. The molecule has 0 bridgehead atoms. The van der Waals surface area contributed by atoms with Crippen LogP contribution in [0.3, 0.4) is 0 Å². The molecule has 2 saturated carbocycles. The predicted molar refractivity (Wildman–Crippen MR) is 96.0 cm³/mol. The summed E-state index contributed by atoms with van der Waals surface area (Å²) in [6, 6.07) is 4.78. The first-order valence-corrected chi connectivity index (χ1v) is 7.70. The summed E-state index contributed by atoms with van der Waals surface area (Å²) in [4.78, 5) is 14.9. The third-order valence-electron chi connectivity index (χ3n) is 3.72. The van der Waals surface area contributed by atoms with Crippen LogP contribution in [0.1, 0.15) is 5.56 Å². The van der Waals surface area contributed by atoms with Crippen LogP contribution < -0.4 is 4.74 Å². The van der Waals surface area contributed by atoms with E-state index in [1.165, 1.54) is 19.2 Å². The number of nitro groups is 1. The zero-order valence-corrected chi connectivity index (χ0v) is 15.1. The van der Waals surface area contributed by atoms with Crippen LogP contribution in [0.4, 0.5) is 5.69 Å². The van der Waals surface area contributed by atoms with Crippen molar-refractivity contribution in [1.82, 2.24) is 4.98 Å². The molecule has 1 aromatic carbocycles. The Morgan fingerprint density at radius 3 is 2.12 bits per heavy atom. The Morgan fingerprint density at radius 1 is 0.962 bits per heavy atom. The quantitative estimate of drug-likeness (QED) is 0.454. The Labute approximate surface area is 165 Å². The maximum atomic E-state index is 11.0. The Morgan fingerprint density at radius 2 is 1.58 bits per heavy atom. The van der Waals surface area contributed by atoms with Gasteiger partial charge in [0.15, 0.2) is 5.75 Å². The Hall–Kier alpha value is -1.65. The van der Waals surface area contributed by atoms with Crippen LogP contribution in [0.2, 0.25) is 0 Å². The molecule has 2 aliphatic rings. The molecular formula is C20H16FeN2O3+2. The number of ether oxygens (including phenoxy) is 1. The van der Waals surface area contributed by atoms with E-state index in [2.05, 4.69) is 4.98 Å². The van der Waals surface area contributed by atoms with Gasteiger partial charge in [0.1, 0.15) is 5.52 Å². The van der Waals surface area contributed by atoms with Crippen molar-refractivity contribution in [2.24, 2.45) is 0 Å². The van der Waals surface area contributed by atoms with Gasteiger partial charge in [0.25, 0.3) is 5.69 Å². The summed E-state index contributed by atoms with van der Waals surface area (Å²) in [7, 11) is 1.48. The molecule has 4 rings (SSSR count). The fraction of sp³-hybridized carbons (Fsp3) is 0.0500. The van der Waals surface area contributed by atoms with Gasteiger partial charge in [-0.3, -0.25) is 15.1 Å². The summed E-state index contributed by atoms with van der Waals surface area (Å²) in [5.74, 6) is 1.44. The molecule has 130 valence electrons. The molecule has 6 heteroatoms. The van der Waals surface area contributed by atoms with E-state index >= 15 is 0 Å². The molecule has 26 heavy (non-hydrogen) atoms. The fourth-order valence-electron chi connectivity index (χ4n) is 2.51. The molecule has 0 amide bonds. The number of hydrogen-bond donors (Lipinski definition) is 0. The molecule has 0 atom stereocenters. The number of nitrogens with zero attached hydrogens (tertiary/aromatic N) is 2. The molecule has 0 aliphatic heterocycles. The topological polar surface area (TPSA) is 65.3 Å². The van der Waals surface area contributed by atoms with E-state index in [4.69, 9.17) is 4.74 Å². The monoisotopic (exact) mass is 388 g/mol. The zero-order valence-electron chi connectivity index (χ0n) is 14.0. The first kappa shape index (κ1) is 20.7. The van der Waals surface area contributed by atoms with Gasteiger partial charge in [0.05, 0.1) is 18.1 Å². The maximum absolute atomic E-state index is 11.0. The zero-order chi connectivity index (χ0) is 17.6. The van der Waals surface area contributed by atoms with Gasteiger partial charge in [0, 0.05) is 23.6 Å². The van der Waals surface area contributed by atoms with E-state index in [0.29, 0.717) is 16.7 Å². The number of fused-ring (bicyclic) bond motifs is 1. The van der Waals surface area contributed by atoms with Gasteiger partial charge in [-0.1, -0.05) is 0 Å². The van der Waals surface area contributed by atoms with Gasteiger partial charge in [-0.05, 0) is 69.4 Å². The van der Waals surface area contributed by atoms with E-state index in [1.807, 2.05) is 63.9 Å². The van der Waals surface area contributed by atoms with Crippen molar-refractivity contribution >= 4 is 16.6 Å². The third-order valence-corrected chi connectivity index (χ3v) is 3.72. The Kier molecular flexibility index (Phi) is 7.85. The van der Waals surface area contributed by atoms with Gasteiger partial charge in [-0.15, -0.1) is 0 Å². The standard InChI is InChI=1S/C15H11N2O3.C5H5.Fe/c1-20-14-8-13(17(18)19)7-11-6-12(9-16-15(11)14)10-4-2-3-5-10;1-2-4-5-3-1;/h2-9H,1H3;1-5H;/q;;+2. The van der Waals surface area contributed by atoms with Crippen molar-refractivity contribution in [3.63, 3.8) is 0 Å². The number of methoxy groups -OCH3 is 1. The van der Waals surface area contributed by atoms with E-state index < -0.39 is 4.92 Å². The summed E-state index contributed by atoms with van der Waals surface area (Å²) < 4.78 is 5.18. The van der Waals surface area contributed by atoms with Gasteiger partial charge < -0.3 is 4.74 Å². The van der Waals surface area contributed by atoms with Gasteiger partial charge >= 0.3 is 17.1 Å². The smallest absolute Gasteiger partial charge is 0.494 e. The number of aromatic nitrogens is 1. The number of hydrogen-bond acceptors (Lipinski definition) is 4. The van der Waals surface area contributed by atoms with E-state index in [1.54, 1.807) is 6.20 Å². The molecule has 0 unspecified atom stereocenters. The number of benzene rings is 1. The number of nitro benzene ring substituents is 1. The minimum Gasteiger partial charge on any atom is -0.494 e. The van der Waals surface area contributed by atoms with Crippen LogP contribution >= 0.6 is 0 Å². The number of pyridine rings is 1. The molecule has 0 saturated heterocycles. The second kappa shape index (κ2) is 9.88. The average molecular weight is 388 g/mol. The van der Waals surface area contributed by atoms with E-state index in [-0.39, 0.29) is 22.8 Å². The van der Waals surface area contributed by atoms with E-state index in [9.17, 15) is 10.1 Å². The van der Waals surface area contributed by atoms with Crippen molar-refractivity contribution in [1.29, 1.82) is 0 Å². The van der Waals surface area contributed by atoms with Crippen LogP contribution in [0.5, 0.6) is 5.75 Å². The molecule has 2 aromatic rings. The molecule has 1 heterocycles. The van der Waals surface area contributed by atoms with Crippen molar-refractivity contribution in [2.45, 2.75) is 0 Å². The molecule has 2 fully saturated rings. The minimum atomic E-state index is -0.433. The summed E-state index contributed by atoms with van der Waals surface area (Å²) >= 11 is 0. The molecular weight excluding hydrogens is 372 g/mol. The van der Waals surface area contributed by atoms with Crippen molar-refractivity contribution in [3.05, 3.63) is 104 Å².